The number of piperazine rings is 1. The number of rotatable bonds is 4. The first-order valence-electron chi connectivity index (χ1n) is 11.7. The minimum Gasteiger partial charge on any atom is -0.450 e. The van der Waals surface area contributed by atoms with Crippen LogP contribution in [-0.4, -0.2) is 104 Å². The van der Waals surface area contributed by atoms with Crippen molar-refractivity contribution in [1.82, 2.24) is 19.8 Å². The number of hydrogen-bond donors (Lipinski definition) is 0. The Morgan fingerprint density at radius 3 is 2.35 bits per heavy atom. The number of carbonyl (C=O) groups excluding carboxylic acids is 1. The van der Waals surface area contributed by atoms with Gasteiger partial charge in [-0.25, -0.2) is 14.8 Å². The van der Waals surface area contributed by atoms with Crippen LogP contribution in [0.5, 0.6) is 0 Å². The van der Waals surface area contributed by atoms with Crippen LogP contribution < -0.4 is 9.80 Å². The van der Waals surface area contributed by atoms with E-state index in [0.717, 1.165) is 77.2 Å². The van der Waals surface area contributed by atoms with E-state index in [0.29, 0.717) is 18.1 Å². The fraction of sp³-hybridized carbons (Fsp3) is 0.773. The van der Waals surface area contributed by atoms with Crippen molar-refractivity contribution in [3.63, 3.8) is 0 Å². The van der Waals surface area contributed by atoms with Crippen LogP contribution in [0.25, 0.3) is 0 Å². The van der Waals surface area contributed by atoms with E-state index in [4.69, 9.17) is 14.5 Å². The molecule has 0 bridgehead atoms. The highest BCUT2D eigenvalue weighted by molar-refractivity contribution is 5.69. The van der Waals surface area contributed by atoms with Gasteiger partial charge in [0, 0.05) is 76.2 Å². The Bertz CT molecular complexity index is 772. The molecule has 4 heterocycles. The number of morpholine rings is 1. The molecule has 1 atom stereocenters. The minimum absolute atomic E-state index is 0.148. The second-order valence-electron chi connectivity index (χ2n) is 9.28. The molecule has 0 N–H and O–H groups in total. The maximum absolute atomic E-state index is 11.9. The van der Waals surface area contributed by atoms with Crippen molar-refractivity contribution in [3.8, 4) is 0 Å². The molecule has 5 rings (SSSR count). The minimum atomic E-state index is -0.148. The molecule has 0 radical (unpaired) electrons. The Morgan fingerprint density at radius 2 is 1.71 bits per heavy atom. The van der Waals surface area contributed by atoms with Crippen molar-refractivity contribution in [2.45, 2.75) is 32.2 Å². The Labute approximate surface area is 184 Å². The van der Waals surface area contributed by atoms with Crippen LogP contribution in [-0.2, 0) is 9.47 Å². The first-order valence-corrected chi connectivity index (χ1v) is 11.7. The van der Waals surface area contributed by atoms with Gasteiger partial charge in [-0.3, -0.25) is 4.90 Å². The highest BCUT2D eigenvalue weighted by Crippen LogP contribution is 2.47. The highest BCUT2D eigenvalue weighted by atomic mass is 16.6. The van der Waals surface area contributed by atoms with E-state index in [1.165, 1.54) is 19.3 Å². The topological polar surface area (TPSA) is 74.3 Å². The van der Waals surface area contributed by atoms with Crippen LogP contribution in [0.15, 0.2) is 12.4 Å². The number of carbonyl (C=O) groups is 1. The zero-order valence-electron chi connectivity index (χ0n) is 18.5. The largest absolute Gasteiger partial charge is 0.450 e. The van der Waals surface area contributed by atoms with Gasteiger partial charge in [-0.2, -0.15) is 0 Å². The fourth-order valence-corrected chi connectivity index (χ4v) is 5.73. The van der Waals surface area contributed by atoms with Crippen LogP contribution >= 0.6 is 0 Å². The molecule has 0 aromatic carbocycles. The molecular weight excluding hydrogens is 396 g/mol. The molecule has 31 heavy (non-hydrogen) atoms. The second kappa shape index (κ2) is 8.78. The summed E-state index contributed by atoms with van der Waals surface area (Å²) in [4.78, 5) is 30.5. The van der Waals surface area contributed by atoms with Crippen molar-refractivity contribution >= 4 is 17.7 Å². The lowest BCUT2D eigenvalue weighted by molar-refractivity contribution is -0.00294. The third kappa shape index (κ3) is 4.17. The van der Waals surface area contributed by atoms with Crippen molar-refractivity contribution in [2.75, 3.05) is 82.0 Å². The molecule has 9 heteroatoms. The number of aromatic nitrogens is 2. The number of hydrogen-bond acceptors (Lipinski definition) is 8. The third-order valence-electron chi connectivity index (χ3n) is 7.36. The molecule has 4 aliphatic rings. The fourth-order valence-electron chi connectivity index (χ4n) is 5.73. The lowest BCUT2D eigenvalue weighted by Crippen LogP contribution is -2.58. The Morgan fingerprint density at radius 1 is 1.06 bits per heavy atom. The van der Waals surface area contributed by atoms with Gasteiger partial charge in [0.25, 0.3) is 0 Å². The van der Waals surface area contributed by atoms with Gasteiger partial charge in [-0.05, 0) is 26.2 Å². The smallest absolute Gasteiger partial charge is 0.409 e. The highest BCUT2D eigenvalue weighted by Gasteiger charge is 2.51. The molecule has 1 aromatic rings. The summed E-state index contributed by atoms with van der Waals surface area (Å²) in [5, 5.41) is 0. The van der Waals surface area contributed by atoms with E-state index in [1.807, 2.05) is 11.8 Å². The monoisotopic (exact) mass is 430 g/mol. The predicted molar refractivity (Wildman–Crippen MR) is 118 cm³/mol. The molecule has 3 aliphatic heterocycles. The zero-order valence-corrected chi connectivity index (χ0v) is 18.5. The zero-order chi connectivity index (χ0) is 21.3. The molecule has 0 unspecified atom stereocenters. The Hall–Kier alpha value is -2.13. The van der Waals surface area contributed by atoms with Crippen molar-refractivity contribution in [2.24, 2.45) is 5.41 Å². The molecule has 1 spiro atoms. The van der Waals surface area contributed by atoms with Gasteiger partial charge in [0.05, 0.1) is 19.8 Å². The Balaban J connectivity index is 1.15. The quantitative estimate of drug-likeness (QED) is 0.711. The molecule has 1 aliphatic carbocycles. The lowest BCUT2D eigenvalue weighted by atomic mass is 9.78. The van der Waals surface area contributed by atoms with Crippen LogP contribution in [0.1, 0.15) is 26.2 Å². The van der Waals surface area contributed by atoms with Crippen LogP contribution in [0.3, 0.4) is 0 Å². The molecule has 1 saturated carbocycles. The average molecular weight is 431 g/mol. The van der Waals surface area contributed by atoms with E-state index in [2.05, 4.69) is 19.7 Å². The summed E-state index contributed by atoms with van der Waals surface area (Å²) in [6, 6.07) is 0.632. The van der Waals surface area contributed by atoms with Gasteiger partial charge >= 0.3 is 6.09 Å². The maximum Gasteiger partial charge on any atom is 0.409 e. The van der Waals surface area contributed by atoms with E-state index < -0.39 is 0 Å². The SMILES string of the molecule is CCOC(=O)N1CC2(CC[C@@H](N3CCN(c4nccnc4N4CCOCC4)CC3)C2)C1. The second-order valence-corrected chi connectivity index (χ2v) is 9.28. The van der Waals surface area contributed by atoms with Gasteiger partial charge in [0.15, 0.2) is 11.6 Å². The van der Waals surface area contributed by atoms with Gasteiger partial charge in [0.2, 0.25) is 0 Å². The summed E-state index contributed by atoms with van der Waals surface area (Å²) in [6.45, 7) is 11.4. The van der Waals surface area contributed by atoms with Crippen molar-refractivity contribution in [1.29, 1.82) is 0 Å². The molecule has 4 fully saturated rings. The first kappa shape index (κ1) is 20.8. The number of nitrogens with zero attached hydrogens (tertiary/aromatic N) is 6. The summed E-state index contributed by atoms with van der Waals surface area (Å²) in [5.41, 5.74) is 0.322. The number of amides is 1. The maximum atomic E-state index is 11.9. The van der Waals surface area contributed by atoms with Gasteiger partial charge in [-0.15, -0.1) is 0 Å². The molecule has 1 amide bonds. The first-order chi connectivity index (χ1) is 15.2. The Kier molecular flexibility index (Phi) is 5.88. The van der Waals surface area contributed by atoms with Crippen molar-refractivity contribution < 1.29 is 14.3 Å². The van der Waals surface area contributed by atoms with Gasteiger partial charge < -0.3 is 24.2 Å². The summed E-state index contributed by atoms with van der Waals surface area (Å²) < 4.78 is 10.6. The molecule has 1 aromatic heterocycles. The number of anilines is 2. The van der Waals surface area contributed by atoms with E-state index in [1.54, 1.807) is 12.4 Å². The predicted octanol–water partition coefficient (Wildman–Crippen LogP) is 1.45. The standard InChI is InChI=1S/C22H34N6O3/c1-2-31-21(29)28-16-22(17-28)4-3-18(15-22)25-7-9-26(10-8-25)19-20(24-6-5-23-19)27-11-13-30-14-12-27/h5-6,18H,2-4,7-17H2,1H3/t18-/m1/s1. The normalized spacial score (nSPS) is 26.2. The van der Waals surface area contributed by atoms with Crippen molar-refractivity contribution in [3.05, 3.63) is 12.4 Å². The lowest BCUT2D eigenvalue weighted by Gasteiger charge is -2.48. The van der Waals surface area contributed by atoms with Crippen LogP contribution in [0.2, 0.25) is 0 Å². The molecule has 170 valence electrons. The van der Waals surface area contributed by atoms with E-state index in [9.17, 15) is 4.79 Å². The summed E-state index contributed by atoms with van der Waals surface area (Å²) in [7, 11) is 0. The van der Waals surface area contributed by atoms with Gasteiger partial charge in [-0.1, -0.05) is 0 Å². The average Bonchev–Trinajstić information content (AvgIpc) is 3.25. The molecule has 3 saturated heterocycles. The summed E-state index contributed by atoms with van der Waals surface area (Å²) in [5.74, 6) is 2.00. The van der Waals surface area contributed by atoms with Crippen LogP contribution in [0.4, 0.5) is 16.4 Å². The summed E-state index contributed by atoms with van der Waals surface area (Å²) in [6.07, 6.45) is 7.11. The number of ether oxygens (including phenoxy) is 2. The van der Waals surface area contributed by atoms with Crippen LogP contribution in [0, 0.1) is 5.41 Å². The third-order valence-corrected chi connectivity index (χ3v) is 7.36. The van der Waals surface area contributed by atoms with E-state index >= 15 is 0 Å². The number of likely N-dealkylation sites (tertiary alicyclic amines) is 1. The molecule has 9 nitrogen and oxygen atoms in total. The summed E-state index contributed by atoms with van der Waals surface area (Å²) >= 11 is 0. The van der Waals surface area contributed by atoms with E-state index in [-0.39, 0.29) is 6.09 Å². The van der Waals surface area contributed by atoms with Gasteiger partial charge in [0.1, 0.15) is 0 Å². The molecular formula is C22H34N6O3.